The third-order valence-corrected chi connectivity index (χ3v) is 4.13. The van der Waals surface area contributed by atoms with E-state index in [0.29, 0.717) is 6.54 Å². The maximum atomic E-state index is 13.2. The Morgan fingerprint density at radius 3 is 2.62 bits per heavy atom. The lowest BCUT2D eigenvalue weighted by Gasteiger charge is -2.25. The molecule has 3 rings (SSSR count). The monoisotopic (exact) mass is 327 g/mol. The number of benzene rings is 1. The van der Waals surface area contributed by atoms with Crippen molar-refractivity contribution in [3.8, 4) is 0 Å². The Balaban J connectivity index is 1.84. The van der Waals surface area contributed by atoms with Crippen molar-refractivity contribution in [2.24, 2.45) is 0 Å². The molecule has 5 nitrogen and oxygen atoms in total. The molecule has 0 spiro atoms. The van der Waals surface area contributed by atoms with Gasteiger partial charge < -0.3 is 10.2 Å². The number of aryl methyl sites for hydroxylation is 1. The Labute approximate surface area is 141 Å². The topological polar surface area (TPSA) is 45.5 Å². The van der Waals surface area contributed by atoms with E-state index in [-0.39, 0.29) is 11.9 Å². The highest BCUT2D eigenvalue weighted by atomic mass is 19.1. The Hall–Kier alpha value is -2.47. The largest absolute Gasteiger partial charge is 0.368 e. The number of anilines is 1. The molecule has 0 aliphatic rings. The van der Waals surface area contributed by atoms with Gasteiger partial charge in [-0.3, -0.25) is 0 Å². The second-order valence-corrected chi connectivity index (χ2v) is 6.00. The number of aromatic nitrogens is 3. The van der Waals surface area contributed by atoms with Crippen molar-refractivity contribution in [1.82, 2.24) is 19.5 Å². The van der Waals surface area contributed by atoms with E-state index in [9.17, 15) is 4.39 Å². The average molecular weight is 327 g/mol. The molecule has 0 saturated heterocycles. The summed E-state index contributed by atoms with van der Waals surface area (Å²) >= 11 is 0. The maximum absolute atomic E-state index is 13.2. The number of rotatable bonds is 6. The van der Waals surface area contributed by atoms with E-state index in [2.05, 4.69) is 27.2 Å². The van der Waals surface area contributed by atoms with Gasteiger partial charge in [-0.05, 0) is 38.2 Å². The summed E-state index contributed by atoms with van der Waals surface area (Å²) in [6, 6.07) is 10.7. The minimum Gasteiger partial charge on any atom is -0.368 e. The van der Waals surface area contributed by atoms with Crippen LogP contribution < -0.4 is 5.32 Å². The van der Waals surface area contributed by atoms with Crippen molar-refractivity contribution >= 4 is 11.5 Å². The summed E-state index contributed by atoms with van der Waals surface area (Å²) in [5, 5.41) is 7.80. The van der Waals surface area contributed by atoms with Crippen molar-refractivity contribution in [2.75, 3.05) is 26.0 Å². The van der Waals surface area contributed by atoms with Crippen LogP contribution in [0.5, 0.6) is 0 Å². The third kappa shape index (κ3) is 3.38. The van der Waals surface area contributed by atoms with Crippen molar-refractivity contribution in [1.29, 1.82) is 0 Å². The quantitative estimate of drug-likeness (QED) is 0.755. The van der Waals surface area contributed by atoms with Crippen LogP contribution in [0.15, 0.2) is 42.6 Å². The standard InChI is InChI=1S/C18H22FN5/c1-4-15-11-18(24-17(22-15)9-10-21-24)20-12-16(23(2)3)13-5-7-14(19)8-6-13/h5-11,16,20H,4,12H2,1-3H3/t16-/m1/s1. The smallest absolute Gasteiger partial charge is 0.157 e. The lowest BCUT2D eigenvalue weighted by atomic mass is 10.1. The molecule has 0 aliphatic heterocycles. The van der Waals surface area contributed by atoms with E-state index in [1.54, 1.807) is 10.7 Å². The van der Waals surface area contributed by atoms with Crippen molar-refractivity contribution < 1.29 is 4.39 Å². The van der Waals surface area contributed by atoms with Gasteiger partial charge in [0, 0.05) is 24.4 Å². The SMILES string of the molecule is CCc1cc(NC[C@H](c2ccc(F)cc2)N(C)C)n2nccc2n1. The number of halogens is 1. The van der Waals surface area contributed by atoms with Crippen LogP contribution in [-0.4, -0.2) is 40.1 Å². The zero-order valence-electron chi connectivity index (χ0n) is 14.2. The molecule has 0 bridgehead atoms. The first kappa shape index (κ1) is 16.4. The summed E-state index contributed by atoms with van der Waals surface area (Å²) in [7, 11) is 4.03. The van der Waals surface area contributed by atoms with Crippen LogP contribution in [0.3, 0.4) is 0 Å². The number of fused-ring (bicyclic) bond motifs is 1. The van der Waals surface area contributed by atoms with Gasteiger partial charge in [-0.2, -0.15) is 9.61 Å². The highest BCUT2D eigenvalue weighted by molar-refractivity contribution is 5.49. The second-order valence-electron chi connectivity index (χ2n) is 6.00. The molecule has 0 aliphatic carbocycles. The first-order chi connectivity index (χ1) is 11.6. The van der Waals surface area contributed by atoms with Gasteiger partial charge in [0.15, 0.2) is 5.65 Å². The normalized spacial score (nSPS) is 12.7. The Morgan fingerprint density at radius 1 is 1.21 bits per heavy atom. The predicted octanol–water partition coefficient (Wildman–Crippen LogP) is 3.15. The van der Waals surface area contributed by atoms with E-state index in [0.717, 1.165) is 29.1 Å². The first-order valence-corrected chi connectivity index (χ1v) is 8.08. The predicted molar refractivity (Wildman–Crippen MR) is 93.7 cm³/mol. The molecule has 1 aromatic carbocycles. The van der Waals surface area contributed by atoms with Crippen molar-refractivity contribution in [3.05, 3.63) is 59.7 Å². The highest BCUT2D eigenvalue weighted by Crippen LogP contribution is 2.20. The number of nitrogens with zero attached hydrogens (tertiary/aromatic N) is 4. The van der Waals surface area contributed by atoms with E-state index < -0.39 is 0 Å². The maximum Gasteiger partial charge on any atom is 0.157 e. The molecular formula is C18H22FN5. The number of nitrogens with one attached hydrogen (secondary N) is 1. The molecule has 3 aromatic rings. The molecule has 0 radical (unpaired) electrons. The van der Waals surface area contributed by atoms with E-state index >= 15 is 0 Å². The minimum atomic E-state index is -0.218. The molecular weight excluding hydrogens is 305 g/mol. The van der Waals surface area contributed by atoms with Crippen LogP contribution in [0.25, 0.3) is 5.65 Å². The zero-order valence-corrected chi connectivity index (χ0v) is 14.2. The third-order valence-electron chi connectivity index (χ3n) is 4.13. The summed E-state index contributed by atoms with van der Waals surface area (Å²) in [6.07, 6.45) is 2.61. The summed E-state index contributed by atoms with van der Waals surface area (Å²) in [4.78, 5) is 6.67. The van der Waals surface area contributed by atoms with Crippen LogP contribution in [0.1, 0.15) is 24.2 Å². The molecule has 2 heterocycles. The molecule has 126 valence electrons. The number of hydrogen-bond acceptors (Lipinski definition) is 4. The zero-order chi connectivity index (χ0) is 17.1. The Bertz CT molecular complexity index is 810. The van der Waals surface area contributed by atoms with Gasteiger partial charge in [0.25, 0.3) is 0 Å². The summed E-state index contributed by atoms with van der Waals surface area (Å²) < 4.78 is 15.0. The minimum absolute atomic E-state index is 0.120. The van der Waals surface area contributed by atoms with Gasteiger partial charge in [-0.15, -0.1) is 0 Å². The summed E-state index contributed by atoms with van der Waals surface area (Å²) in [6.45, 7) is 2.76. The molecule has 1 atom stereocenters. The number of likely N-dealkylation sites (N-methyl/N-ethyl adjacent to an activating group) is 1. The fourth-order valence-corrected chi connectivity index (χ4v) is 2.76. The highest BCUT2D eigenvalue weighted by Gasteiger charge is 2.15. The molecule has 1 N–H and O–H groups in total. The number of hydrogen-bond donors (Lipinski definition) is 1. The molecule has 0 fully saturated rings. The fraction of sp³-hybridized carbons (Fsp3) is 0.333. The lowest BCUT2D eigenvalue weighted by molar-refractivity contribution is 0.311. The van der Waals surface area contributed by atoms with E-state index in [4.69, 9.17) is 0 Å². The van der Waals surface area contributed by atoms with Crippen LogP contribution >= 0.6 is 0 Å². The van der Waals surface area contributed by atoms with Crippen LogP contribution in [0, 0.1) is 5.82 Å². The van der Waals surface area contributed by atoms with E-state index in [1.165, 1.54) is 12.1 Å². The van der Waals surface area contributed by atoms with Gasteiger partial charge in [0.1, 0.15) is 11.6 Å². The second kappa shape index (κ2) is 6.97. The van der Waals surface area contributed by atoms with Gasteiger partial charge in [0.05, 0.1) is 12.2 Å². The molecule has 2 aromatic heterocycles. The molecule has 6 heteroatoms. The average Bonchev–Trinajstić information content (AvgIpc) is 3.04. The molecule has 0 saturated carbocycles. The van der Waals surface area contributed by atoms with Crippen LogP contribution in [0.2, 0.25) is 0 Å². The van der Waals surface area contributed by atoms with Crippen LogP contribution in [0.4, 0.5) is 10.2 Å². The van der Waals surface area contributed by atoms with Gasteiger partial charge in [-0.1, -0.05) is 19.1 Å². The molecule has 0 unspecified atom stereocenters. The van der Waals surface area contributed by atoms with Crippen molar-refractivity contribution in [2.45, 2.75) is 19.4 Å². The fourth-order valence-electron chi connectivity index (χ4n) is 2.76. The van der Waals surface area contributed by atoms with Gasteiger partial charge in [0.2, 0.25) is 0 Å². The molecule has 0 amide bonds. The Kier molecular flexibility index (Phi) is 4.76. The van der Waals surface area contributed by atoms with Crippen LogP contribution in [-0.2, 0) is 6.42 Å². The molecule has 24 heavy (non-hydrogen) atoms. The summed E-state index contributed by atoms with van der Waals surface area (Å²) in [5.74, 6) is 0.694. The van der Waals surface area contributed by atoms with Gasteiger partial charge in [-0.25, -0.2) is 9.37 Å². The van der Waals surface area contributed by atoms with Crippen molar-refractivity contribution in [3.63, 3.8) is 0 Å². The van der Waals surface area contributed by atoms with Gasteiger partial charge >= 0.3 is 0 Å². The first-order valence-electron chi connectivity index (χ1n) is 8.08. The summed E-state index contributed by atoms with van der Waals surface area (Å²) in [5.41, 5.74) is 2.92. The lowest BCUT2D eigenvalue weighted by Crippen LogP contribution is -2.27. The van der Waals surface area contributed by atoms with E-state index in [1.807, 2.05) is 38.4 Å². The Morgan fingerprint density at radius 2 is 1.96 bits per heavy atom.